The fourth-order valence-corrected chi connectivity index (χ4v) is 11.1. The molecule has 2 aliphatic carbocycles. The predicted molar refractivity (Wildman–Crippen MR) is 285 cm³/mol. The highest BCUT2D eigenvalue weighted by molar-refractivity contribution is 6.07. The molecule has 10 aromatic carbocycles. The molecule has 0 saturated heterocycles. The van der Waals surface area contributed by atoms with E-state index in [1.54, 1.807) is 0 Å². The Kier molecular flexibility index (Phi) is 9.37. The fourth-order valence-electron chi connectivity index (χ4n) is 11.1. The number of aryl methyl sites for hydroxylation is 2. The number of fused-ring (bicyclic) bond motifs is 13. The minimum Gasteiger partial charge on any atom is -0.378 e. The van der Waals surface area contributed by atoms with Gasteiger partial charge in [-0.25, -0.2) is 0 Å². The van der Waals surface area contributed by atoms with Crippen molar-refractivity contribution >= 4 is 67.0 Å². The molecule has 0 amide bonds. The van der Waals surface area contributed by atoms with E-state index >= 15 is 0 Å². The molecular formula is C63H52N4. The molecule has 0 radical (unpaired) electrons. The average molecular weight is 865 g/mol. The molecule has 2 aliphatic rings. The normalized spacial score (nSPS) is 12.7. The van der Waals surface area contributed by atoms with Crippen molar-refractivity contribution in [1.82, 2.24) is 0 Å². The van der Waals surface area contributed by atoms with Crippen molar-refractivity contribution in [2.75, 3.05) is 47.8 Å². The molecule has 0 saturated carbocycles. The van der Waals surface area contributed by atoms with Gasteiger partial charge in [0.25, 0.3) is 0 Å². The Morgan fingerprint density at radius 2 is 0.716 bits per heavy atom. The van der Waals surface area contributed by atoms with Crippen LogP contribution in [0.25, 0.3) is 43.8 Å². The van der Waals surface area contributed by atoms with Gasteiger partial charge in [0.05, 0.1) is 5.41 Å². The summed E-state index contributed by atoms with van der Waals surface area (Å²) in [6.07, 6.45) is 0. The highest BCUT2D eigenvalue weighted by Crippen LogP contribution is 2.64. The van der Waals surface area contributed by atoms with Crippen molar-refractivity contribution in [3.63, 3.8) is 0 Å². The first kappa shape index (κ1) is 40.4. The molecule has 67 heavy (non-hydrogen) atoms. The zero-order valence-corrected chi connectivity index (χ0v) is 38.9. The summed E-state index contributed by atoms with van der Waals surface area (Å²) in [6, 6.07) is 77.6. The minimum absolute atomic E-state index is 0.527. The zero-order chi connectivity index (χ0) is 45.6. The molecule has 0 fully saturated rings. The third-order valence-electron chi connectivity index (χ3n) is 14.3. The first-order valence-electron chi connectivity index (χ1n) is 23.3. The Bertz CT molecular complexity index is 3390. The van der Waals surface area contributed by atoms with Gasteiger partial charge < -0.3 is 19.6 Å². The van der Waals surface area contributed by atoms with E-state index in [1.165, 1.54) is 88.6 Å². The maximum Gasteiger partial charge on any atom is 0.0731 e. The zero-order valence-electron chi connectivity index (χ0n) is 38.9. The van der Waals surface area contributed by atoms with E-state index in [1.807, 2.05) is 0 Å². The van der Waals surface area contributed by atoms with Crippen LogP contribution in [0, 0.1) is 13.8 Å². The Balaban J connectivity index is 1.08. The van der Waals surface area contributed by atoms with Gasteiger partial charge in [0.15, 0.2) is 0 Å². The lowest BCUT2D eigenvalue weighted by atomic mass is 9.69. The molecule has 10 aromatic rings. The topological polar surface area (TPSA) is 13.0 Å². The van der Waals surface area contributed by atoms with Crippen LogP contribution in [0.4, 0.5) is 45.5 Å². The summed E-state index contributed by atoms with van der Waals surface area (Å²) < 4.78 is 0. The Morgan fingerprint density at radius 1 is 0.299 bits per heavy atom. The van der Waals surface area contributed by atoms with Crippen molar-refractivity contribution < 1.29 is 0 Å². The smallest absolute Gasteiger partial charge is 0.0731 e. The second-order valence-corrected chi connectivity index (χ2v) is 18.8. The summed E-state index contributed by atoms with van der Waals surface area (Å²) >= 11 is 0. The Hall–Kier alpha value is -8.08. The number of hydrogen-bond acceptors (Lipinski definition) is 4. The minimum atomic E-state index is -0.527. The molecular weight excluding hydrogens is 813 g/mol. The monoisotopic (exact) mass is 864 g/mol. The van der Waals surface area contributed by atoms with E-state index < -0.39 is 5.41 Å². The van der Waals surface area contributed by atoms with E-state index in [2.05, 4.69) is 268 Å². The van der Waals surface area contributed by atoms with Gasteiger partial charge >= 0.3 is 0 Å². The third kappa shape index (κ3) is 6.35. The number of anilines is 8. The first-order chi connectivity index (χ1) is 32.7. The highest BCUT2D eigenvalue weighted by Gasteiger charge is 2.52. The van der Waals surface area contributed by atoms with Gasteiger partial charge in [-0.15, -0.1) is 0 Å². The molecule has 324 valence electrons. The molecule has 0 atom stereocenters. The van der Waals surface area contributed by atoms with Crippen LogP contribution in [0.5, 0.6) is 0 Å². The van der Waals surface area contributed by atoms with Gasteiger partial charge in [-0.2, -0.15) is 0 Å². The molecule has 12 rings (SSSR count). The lowest BCUT2D eigenvalue weighted by Gasteiger charge is -2.32. The number of nitrogens with zero attached hydrogens (tertiary/aromatic N) is 4. The summed E-state index contributed by atoms with van der Waals surface area (Å²) in [6.45, 7) is 4.30. The van der Waals surface area contributed by atoms with Crippen molar-refractivity contribution in [2.45, 2.75) is 19.3 Å². The summed E-state index contributed by atoms with van der Waals surface area (Å²) in [7, 11) is 8.36. The standard InChI is InChI=1S/C63H52N4/c1-41-15-21-48(22-16-41)66(49-23-17-42(2)18-24-49)52-25-19-43-39-58-57-35-20-44-37-53(67(50-30-26-46(27-31-50)64(3)4)51-32-28-47(29-33-51)65(5)6)34-36-54(44)62(57)63(61(58)40-45(43)38-52)59-13-9-7-11-55(59)56-12-8-10-14-60(56)63/h7-40H,1-6H3. The van der Waals surface area contributed by atoms with Crippen molar-refractivity contribution in [2.24, 2.45) is 0 Å². The van der Waals surface area contributed by atoms with Crippen LogP contribution in [0.3, 0.4) is 0 Å². The molecule has 4 nitrogen and oxygen atoms in total. The Morgan fingerprint density at radius 3 is 1.22 bits per heavy atom. The quantitative estimate of drug-likeness (QED) is 0.151. The van der Waals surface area contributed by atoms with E-state index in [0.29, 0.717) is 0 Å². The van der Waals surface area contributed by atoms with Crippen molar-refractivity contribution in [3.8, 4) is 22.3 Å². The van der Waals surface area contributed by atoms with Gasteiger partial charge in [-0.3, -0.25) is 0 Å². The lowest BCUT2D eigenvalue weighted by molar-refractivity contribution is 0.802. The molecule has 0 aromatic heterocycles. The Labute approximate surface area is 394 Å². The second-order valence-electron chi connectivity index (χ2n) is 18.8. The molecule has 0 unspecified atom stereocenters. The maximum absolute atomic E-state index is 2.52. The third-order valence-corrected chi connectivity index (χ3v) is 14.3. The molecule has 0 N–H and O–H groups in total. The van der Waals surface area contributed by atoms with Crippen LogP contribution in [0.2, 0.25) is 0 Å². The van der Waals surface area contributed by atoms with Crippen LogP contribution >= 0.6 is 0 Å². The molecule has 0 aliphatic heterocycles. The maximum atomic E-state index is 2.52. The first-order valence-corrected chi connectivity index (χ1v) is 23.3. The lowest BCUT2D eigenvalue weighted by Crippen LogP contribution is -2.26. The van der Waals surface area contributed by atoms with Gasteiger partial charge in [0.1, 0.15) is 0 Å². The van der Waals surface area contributed by atoms with Gasteiger partial charge in [0, 0.05) is 73.7 Å². The number of hydrogen-bond donors (Lipinski definition) is 0. The average Bonchev–Trinajstić information content (AvgIpc) is 3.81. The predicted octanol–water partition coefficient (Wildman–Crippen LogP) is 16.0. The van der Waals surface area contributed by atoms with Crippen LogP contribution in [-0.2, 0) is 5.41 Å². The van der Waals surface area contributed by atoms with Crippen molar-refractivity contribution in [3.05, 3.63) is 240 Å². The van der Waals surface area contributed by atoms with Gasteiger partial charge in [-0.1, -0.05) is 108 Å². The van der Waals surface area contributed by atoms with Gasteiger partial charge in [0.2, 0.25) is 0 Å². The second kappa shape index (κ2) is 15.5. The molecule has 0 bridgehead atoms. The largest absolute Gasteiger partial charge is 0.378 e. The van der Waals surface area contributed by atoms with Crippen LogP contribution in [-0.4, -0.2) is 28.2 Å². The summed E-state index contributed by atoms with van der Waals surface area (Å²) in [5.41, 5.74) is 21.6. The van der Waals surface area contributed by atoms with Crippen molar-refractivity contribution in [1.29, 1.82) is 0 Å². The SMILES string of the molecule is Cc1ccc(N(c2ccc(C)cc2)c2ccc3cc4c(cc3c2)C2(c3ccccc3-c3ccccc32)c2c-4ccc3cc(N(c4ccc(N(C)C)cc4)c4ccc(N(C)C)cc4)ccc23)cc1. The molecule has 0 heterocycles. The van der Waals surface area contributed by atoms with E-state index in [9.17, 15) is 0 Å². The van der Waals surface area contributed by atoms with E-state index in [0.717, 1.165) is 34.1 Å². The highest BCUT2D eigenvalue weighted by atomic mass is 15.2. The van der Waals surface area contributed by atoms with E-state index in [4.69, 9.17) is 0 Å². The summed E-state index contributed by atoms with van der Waals surface area (Å²) in [5, 5.41) is 4.93. The van der Waals surface area contributed by atoms with Crippen LogP contribution in [0.15, 0.2) is 206 Å². The fraction of sp³-hybridized carbons (Fsp3) is 0.111. The molecule has 4 heteroatoms. The van der Waals surface area contributed by atoms with Crippen LogP contribution < -0.4 is 19.6 Å². The number of rotatable bonds is 8. The van der Waals surface area contributed by atoms with E-state index in [-0.39, 0.29) is 0 Å². The number of benzene rings is 10. The molecule has 1 spiro atoms. The van der Waals surface area contributed by atoms with Crippen LogP contribution in [0.1, 0.15) is 33.4 Å². The van der Waals surface area contributed by atoms with Gasteiger partial charge in [-0.05, 0) is 189 Å². The summed E-state index contributed by atoms with van der Waals surface area (Å²) in [4.78, 5) is 9.07. The summed E-state index contributed by atoms with van der Waals surface area (Å²) in [5.74, 6) is 0.